The van der Waals surface area contributed by atoms with Crippen molar-refractivity contribution in [2.24, 2.45) is 10.2 Å². The Balaban J connectivity index is 1.36. The molecule has 0 atom stereocenters. The molecule has 0 radical (unpaired) electrons. The second-order valence-corrected chi connectivity index (χ2v) is 8.40. The Morgan fingerprint density at radius 2 is 0.972 bits per heavy atom. The molecule has 4 heterocycles. The number of nitrogens with zero attached hydrogens (tertiary/aromatic N) is 6. The summed E-state index contributed by atoms with van der Waals surface area (Å²) in [6, 6.07) is 26.4. The highest BCUT2D eigenvalue weighted by Crippen LogP contribution is 2.31. The van der Waals surface area contributed by atoms with E-state index in [1.807, 2.05) is 60.7 Å². The van der Waals surface area contributed by atoms with Crippen molar-refractivity contribution in [1.29, 1.82) is 0 Å². The average molecular weight is 473 g/mol. The summed E-state index contributed by atoms with van der Waals surface area (Å²) in [6.45, 7) is 0.714. The molecule has 2 aromatic heterocycles. The van der Waals surface area contributed by atoms with E-state index in [-0.39, 0.29) is 23.2 Å². The van der Waals surface area contributed by atoms with Gasteiger partial charge in [-0.3, -0.25) is 19.4 Å². The first-order valence-electron chi connectivity index (χ1n) is 11.5. The molecule has 2 aliphatic rings. The summed E-state index contributed by atoms with van der Waals surface area (Å²) in [4.78, 5) is 38.8. The maximum Gasteiger partial charge on any atom is 0.281 e. The molecule has 36 heavy (non-hydrogen) atoms. The lowest BCUT2D eigenvalue weighted by atomic mass is 10.2. The van der Waals surface area contributed by atoms with Gasteiger partial charge in [-0.1, -0.05) is 60.7 Å². The number of hydrogen-bond acceptors (Lipinski definition) is 6. The molecule has 0 spiro atoms. The average Bonchev–Trinajstić information content (AvgIpc) is 3.34. The summed E-state index contributed by atoms with van der Waals surface area (Å²) in [5.74, 6) is 0.427. The van der Waals surface area contributed by atoms with Gasteiger partial charge in [0, 0.05) is 12.4 Å². The zero-order valence-corrected chi connectivity index (χ0v) is 19.2. The fourth-order valence-electron chi connectivity index (χ4n) is 4.39. The highest BCUT2D eigenvalue weighted by atomic mass is 16.2. The quantitative estimate of drug-likeness (QED) is 0.414. The van der Waals surface area contributed by atoms with E-state index in [4.69, 9.17) is 0 Å². The van der Waals surface area contributed by atoms with E-state index in [2.05, 4.69) is 20.2 Å². The van der Waals surface area contributed by atoms with Crippen molar-refractivity contribution < 1.29 is 9.59 Å². The van der Waals surface area contributed by atoms with Crippen LogP contribution in [0.15, 0.2) is 108 Å². The van der Waals surface area contributed by atoms with E-state index in [1.165, 1.54) is 0 Å². The van der Waals surface area contributed by atoms with E-state index in [0.717, 1.165) is 11.1 Å². The molecule has 6 rings (SSSR count). The maximum absolute atomic E-state index is 13.4. The molecule has 2 aliphatic heterocycles. The molecule has 0 N–H and O–H groups in total. The van der Waals surface area contributed by atoms with Crippen molar-refractivity contribution in [1.82, 2.24) is 9.97 Å². The molecule has 174 valence electrons. The number of pyridine rings is 2. The molecule has 0 saturated heterocycles. The van der Waals surface area contributed by atoms with Crippen LogP contribution >= 0.6 is 0 Å². The molecular weight excluding hydrogens is 452 g/mol. The number of aromatic nitrogens is 2. The van der Waals surface area contributed by atoms with Gasteiger partial charge in [-0.25, -0.2) is 9.97 Å². The van der Waals surface area contributed by atoms with Gasteiger partial charge in [0.25, 0.3) is 11.8 Å². The van der Waals surface area contributed by atoms with Gasteiger partial charge in [-0.15, -0.1) is 10.2 Å². The summed E-state index contributed by atoms with van der Waals surface area (Å²) in [7, 11) is 0. The van der Waals surface area contributed by atoms with Gasteiger partial charge in [-0.2, -0.15) is 0 Å². The molecule has 2 amide bonds. The van der Waals surface area contributed by atoms with Crippen LogP contribution in [-0.4, -0.2) is 33.2 Å². The van der Waals surface area contributed by atoms with Crippen molar-refractivity contribution in [2.45, 2.75) is 13.1 Å². The van der Waals surface area contributed by atoms with Gasteiger partial charge < -0.3 is 0 Å². The number of hydrogen-bond donors (Lipinski definition) is 0. The minimum atomic E-state index is -0.310. The van der Waals surface area contributed by atoms with Gasteiger partial charge in [0.2, 0.25) is 0 Å². The van der Waals surface area contributed by atoms with Crippen LogP contribution in [0.25, 0.3) is 0 Å². The number of amides is 2. The van der Waals surface area contributed by atoms with Crippen LogP contribution in [0.4, 0.5) is 11.6 Å². The predicted octanol–water partition coefficient (Wildman–Crippen LogP) is 3.76. The number of rotatable bonds is 5. The normalized spacial score (nSPS) is 16.7. The van der Waals surface area contributed by atoms with E-state index in [1.54, 1.807) is 46.5 Å². The maximum atomic E-state index is 13.4. The third kappa shape index (κ3) is 3.74. The molecule has 8 nitrogen and oxygen atoms in total. The highest BCUT2D eigenvalue weighted by molar-refractivity contribution is 6.55. The lowest BCUT2D eigenvalue weighted by Crippen LogP contribution is -2.30. The van der Waals surface area contributed by atoms with E-state index < -0.39 is 0 Å². The van der Waals surface area contributed by atoms with Crippen LogP contribution in [0.1, 0.15) is 22.3 Å². The molecule has 0 fully saturated rings. The second-order valence-electron chi connectivity index (χ2n) is 8.40. The van der Waals surface area contributed by atoms with Crippen LogP contribution in [0.3, 0.4) is 0 Å². The van der Waals surface area contributed by atoms with Crippen LogP contribution in [-0.2, 0) is 22.7 Å². The van der Waals surface area contributed by atoms with Crippen LogP contribution in [0.5, 0.6) is 0 Å². The van der Waals surface area contributed by atoms with Crippen molar-refractivity contribution in [3.05, 3.63) is 120 Å². The molecular formula is C28H20N6O2. The third-order valence-corrected chi connectivity index (χ3v) is 6.11. The zero-order chi connectivity index (χ0) is 24.5. The van der Waals surface area contributed by atoms with E-state index >= 15 is 0 Å². The number of anilines is 2. The van der Waals surface area contributed by atoms with Crippen molar-refractivity contribution in [3.8, 4) is 0 Å². The monoisotopic (exact) mass is 472 g/mol. The Morgan fingerprint density at radius 1 is 0.556 bits per heavy atom. The van der Waals surface area contributed by atoms with Crippen molar-refractivity contribution in [2.75, 3.05) is 9.80 Å². The first-order valence-corrected chi connectivity index (χ1v) is 11.5. The Bertz CT molecular complexity index is 1420. The van der Waals surface area contributed by atoms with Gasteiger partial charge in [0.1, 0.15) is 11.6 Å². The fraction of sp³-hybridized carbons (Fsp3) is 0.0714. The highest BCUT2D eigenvalue weighted by Gasteiger charge is 2.37. The third-order valence-electron chi connectivity index (χ3n) is 6.11. The summed E-state index contributed by atoms with van der Waals surface area (Å²) in [5, 5.41) is 8.62. The standard InChI is InChI=1S/C28H20N6O2/c35-27-23(21-13-7-15-29-25(21)33(27)17-19-9-3-1-4-10-19)31-32-24-22-14-8-16-30-26(22)34(28(24)36)18-20-11-5-2-6-12-20/h1-16H,17-18H2. The van der Waals surface area contributed by atoms with Crippen LogP contribution in [0, 0.1) is 0 Å². The zero-order valence-electron chi connectivity index (χ0n) is 19.2. The summed E-state index contributed by atoms with van der Waals surface area (Å²) < 4.78 is 0. The summed E-state index contributed by atoms with van der Waals surface area (Å²) in [5.41, 5.74) is 3.42. The van der Waals surface area contributed by atoms with E-state index in [0.29, 0.717) is 35.9 Å². The first kappa shape index (κ1) is 21.5. The Hall–Kier alpha value is -4.98. The fourth-order valence-corrected chi connectivity index (χ4v) is 4.39. The van der Waals surface area contributed by atoms with Gasteiger partial charge in [0.05, 0.1) is 24.2 Å². The van der Waals surface area contributed by atoms with Crippen molar-refractivity contribution >= 4 is 34.9 Å². The molecule has 4 aromatic rings. The molecule has 0 unspecified atom stereocenters. The minimum absolute atomic E-state index is 0.154. The Labute approximate surface area is 207 Å². The van der Waals surface area contributed by atoms with Gasteiger partial charge in [0.15, 0.2) is 11.4 Å². The lowest BCUT2D eigenvalue weighted by Gasteiger charge is -2.15. The molecule has 0 bridgehead atoms. The van der Waals surface area contributed by atoms with Gasteiger partial charge >= 0.3 is 0 Å². The lowest BCUT2D eigenvalue weighted by molar-refractivity contribution is -0.113. The van der Waals surface area contributed by atoms with Crippen molar-refractivity contribution in [3.63, 3.8) is 0 Å². The molecule has 8 heteroatoms. The van der Waals surface area contributed by atoms with Gasteiger partial charge in [-0.05, 0) is 35.4 Å². The molecule has 0 aliphatic carbocycles. The number of carbonyl (C=O) groups is 2. The summed E-state index contributed by atoms with van der Waals surface area (Å²) >= 11 is 0. The number of carbonyl (C=O) groups excluding carboxylic acids is 2. The number of fused-ring (bicyclic) bond motifs is 2. The topological polar surface area (TPSA) is 91.1 Å². The molecule has 2 aromatic carbocycles. The predicted molar refractivity (Wildman–Crippen MR) is 137 cm³/mol. The second kappa shape index (κ2) is 8.99. The van der Waals surface area contributed by atoms with Crippen LogP contribution < -0.4 is 9.80 Å². The Morgan fingerprint density at radius 3 is 1.39 bits per heavy atom. The molecule has 0 saturated carbocycles. The van der Waals surface area contributed by atoms with Crippen LogP contribution in [0.2, 0.25) is 0 Å². The largest absolute Gasteiger partial charge is 0.286 e. The smallest absolute Gasteiger partial charge is 0.281 e. The Kier molecular flexibility index (Phi) is 5.38. The number of benzene rings is 2. The minimum Gasteiger partial charge on any atom is -0.286 e. The summed E-state index contributed by atoms with van der Waals surface area (Å²) in [6.07, 6.45) is 3.28. The first-order chi connectivity index (χ1) is 17.7. The van der Waals surface area contributed by atoms with E-state index in [9.17, 15) is 9.59 Å². The SMILES string of the molecule is O=C1C(=NN=C2C(=O)N(Cc3ccccc3)c3ncccc32)c2cccnc2N1Cc1ccccc1.